The Morgan fingerprint density at radius 3 is 2.71 bits per heavy atom. The van der Waals surface area contributed by atoms with Crippen molar-refractivity contribution >= 4 is 22.8 Å². The fourth-order valence-corrected chi connectivity index (χ4v) is 1.37. The highest BCUT2D eigenvalue weighted by atomic mass is 16.2. The van der Waals surface area contributed by atoms with Gasteiger partial charge in [0.05, 0.1) is 0 Å². The van der Waals surface area contributed by atoms with E-state index >= 15 is 0 Å². The topological polar surface area (TPSA) is 74.8 Å². The van der Waals surface area contributed by atoms with E-state index in [0.717, 1.165) is 5.39 Å². The fourth-order valence-electron chi connectivity index (χ4n) is 1.37. The molecule has 0 aliphatic heterocycles. The monoisotopic (exact) mass is 231 g/mol. The summed E-state index contributed by atoms with van der Waals surface area (Å²) >= 11 is 0. The lowest BCUT2D eigenvalue weighted by Gasteiger charge is -2.07. The van der Waals surface area contributed by atoms with Crippen LogP contribution < -0.4 is 10.9 Å². The molecule has 17 heavy (non-hydrogen) atoms. The number of rotatable bonds is 2. The van der Waals surface area contributed by atoms with Gasteiger partial charge < -0.3 is 10.3 Å². The Kier molecular flexibility index (Phi) is 2.91. The van der Waals surface area contributed by atoms with Crippen LogP contribution in [0.2, 0.25) is 0 Å². The van der Waals surface area contributed by atoms with Crippen molar-refractivity contribution in [2.45, 2.75) is 13.8 Å². The maximum Gasteiger partial charge on any atom is 0.249 e. The molecule has 0 aliphatic carbocycles. The molecule has 5 heteroatoms. The summed E-state index contributed by atoms with van der Waals surface area (Å²) in [7, 11) is 0. The van der Waals surface area contributed by atoms with Crippen LogP contribution in [0.15, 0.2) is 29.1 Å². The number of amides is 1. The summed E-state index contributed by atoms with van der Waals surface area (Å²) in [6, 6.07) is 6.64. The first-order valence-corrected chi connectivity index (χ1v) is 5.37. The summed E-state index contributed by atoms with van der Waals surface area (Å²) in [5, 5.41) is 3.51. The zero-order valence-corrected chi connectivity index (χ0v) is 9.65. The minimum absolute atomic E-state index is 0.102. The zero-order chi connectivity index (χ0) is 12.4. The molecule has 88 valence electrons. The van der Waals surface area contributed by atoms with Crippen LogP contribution in [0.1, 0.15) is 13.8 Å². The Morgan fingerprint density at radius 1 is 1.29 bits per heavy atom. The standard InChI is InChI=1S/C12H13N3O2/c1-7(2)12(17)14-9-5-3-8-4-6-10(16)15-11(8)13-9/h3-7H,1-2H3,(H2,13,14,15,16,17). The molecule has 0 bridgehead atoms. The average molecular weight is 231 g/mol. The Morgan fingerprint density at radius 2 is 2.00 bits per heavy atom. The molecule has 2 aromatic rings. The minimum atomic E-state index is -0.211. The summed E-state index contributed by atoms with van der Waals surface area (Å²) in [6.45, 7) is 3.61. The molecular weight excluding hydrogens is 218 g/mol. The third-order valence-electron chi connectivity index (χ3n) is 2.36. The maximum atomic E-state index is 11.5. The maximum absolute atomic E-state index is 11.5. The second-order valence-electron chi connectivity index (χ2n) is 4.10. The number of carbonyl (C=O) groups is 1. The molecule has 2 heterocycles. The summed E-state index contributed by atoms with van der Waals surface area (Å²) in [6.07, 6.45) is 0. The molecule has 0 fully saturated rings. The van der Waals surface area contributed by atoms with Gasteiger partial charge in [0.25, 0.3) is 0 Å². The molecule has 5 nitrogen and oxygen atoms in total. The predicted octanol–water partition coefficient (Wildman–Crippen LogP) is 1.52. The van der Waals surface area contributed by atoms with E-state index in [4.69, 9.17) is 0 Å². The molecule has 0 aliphatic rings. The first-order chi connectivity index (χ1) is 8.06. The largest absolute Gasteiger partial charge is 0.310 e. The van der Waals surface area contributed by atoms with E-state index in [1.165, 1.54) is 6.07 Å². The van der Waals surface area contributed by atoms with E-state index < -0.39 is 0 Å². The van der Waals surface area contributed by atoms with Gasteiger partial charge in [0.15, 0.2) is 0 Å². The number of nitrogens with one attached hydrogen (secondary N) is 2. The van der Waals surface area contributed by atoms with Gasteiger partial charge in [0, 0.05) is 17.4 Å². The quantitative estimate of drug-likeness (QED) is 0.822. The van der Waals surface area contributed by atoms with E-state index in [9.17, 15) is 9.59 Å². The number of pyridine rings is 2. The van der Waals surface area contributed by atoms with Crippen molar-refractivity contribution in [2.75, 3.05) is 5.32 Å². The molecule has 2 aromatic heterocycles. The Bertz CT molecular complexity index is 616. The fraction of sp³-hybridized carbons (Fsp3) is 0.250. The van der Waals surface area contributed by atoms with E-state index in [1.807, 2.05) is 0 Å². The molecule has 0 atom stereocenters. The van der Waals surface area contributed by atoms with Crippen molar-refractivity contribution in [3.8, 4) is 0 Å². The van der Waals surface area contributed by atoms with Crippen LogP contribution in [0, 0.1) is 5.92 Å². The molecule has 2 rings (SSSR count). The van der Waals surface area contributed by atoms with Crippen molar-refractivity contribution in [1.29, 1.82) is 0 Å². The van der Waals surface area contributed by atoms with Gasteiger partial charge in [-0.1, -0.05) is 13.8 Å². The third kappa shape index (κ3) is 2.50. The van der Waals surface area contributed by atoms with Gasteiger partial charge >= 0.3 is 0 Å². The third-order valence-corrected chi connectivity index (χ3v) is 2.36. The first kappa shape index (κ1) is 11.3. The van der Waals surface area contributed by atoms with Crippen LogP contribution in [0.25, 0.3) is 11.0 Å². The second kappa shape index (κ2) is 4.37. The smallest absolute Gasteiger partial charge is 0.249 e. The number of H-pyrrole nitrogens is 1. The molecule has 1 amide bonds. The van der Waals surface area contributed by atoms with Crippen LogP contribution in [-0.4, -0.2) is 15.9 Å². The van der Waals surface area contributed by atoms with Crippen LogP contribution in [-0.2, 0) is 4.79 Å². The minimum Gasteiger partial charge on any atom is -0.310 e. The number of anilines is 1. The molecule has 0 saturated heterocycles. The SMILES string of the molecule is CC(C)C(=O)Nc1ccc2ccc(=O)[nH]c2n1. The van der Waals surface area contributed by atoms with Gasteiger partial charge in [-0.05, 0) is 18.2 Å². The summed E-state index contributed by atoms with van der Waals surface area (Å²) in [4.78, 5) is 29.4. The van der Waals surface area contributed by atoms with Crippen LogP contribution >= 0.6 is 0 Å². The predicted molar refractivity (Wildman–Crippen MR) is 65.8 cm³/mol. The lowest BCUT2D eigenvalue weighted by atomic mass is 10.2. The lowest BCUT2D eigenvalue weighted by molar-refractivity contribution is -0.118. The van der Waals surface area contributed by atoms with Gasteiger partial charge in [-0.2, -0.15) is 0 Å². The number of nitrogens with zero attached hydrogens (tertiary/aromatic N) is 1. The lowest BCUT2D eigenvalue weighted by Crippen LogP contribution is -2.18. The number of fused-ring (bicyclic) bond motifs is 1. The van der Waals surface area contributed by atoms with Crippen molar-refractivity contribution in [2.24, 2.45) is 5.92 Å². The highest BCUT2D eigenvalue weighted by Gasteiger charge is 2.08. The van der Waals surface area contributed by atoms with Crippen LogP contribution in [0.4, 0.5) is 5.82 Å². The molecule has 0 spiro atoms. The van der Waals surface area contributed by atoms with Crippen molar-refractivity contribution in [3.05, 3.63) is 34.6 Å². The second-order valence-corrected chi connectivity index (χ2v) is 4.10. The van der Waals surface area contributed by atoms with Gasteiger partial charge in [-0.25, -0.2) is 4.98 Å². The van der Waals surface area contributed by atoms with Crippen molar-refractivity contribution in [1.82, 2.24) is 9.97 Å². The Labute approximate surface area is 97.9 Å². The van der Waals surface area contributed by atoms with Crippen molar-refractivity contribution in [3.63, 3.8) is 0 Å². The first-order valence-electron chi connectivity index (χ1n) is 5.37. The van der Waals surface area contributed by atoms with E-state index in [2.05, 4.69) is 15.3 Å². The summed E-state index contributed by atoms with van der Waals surface area (Å²) < 4.78 is 0. The molecule has 0 aromatic carbocycles. The highest BCUT2D eigenvalue weighted by Crippen LogP contribution is 2.11. The molecule has 0 radical (unpaired) electrons. The number of carbonyl (C=O) groups excluding carboxylic acids is 1. The van der Waals surface area contributed by atoms with E-state index in [1.54, 1.807) is 32.0 Å². The molecule has 2 N–H and O–H groups in total. The van der Waals surface area contributed by atoms with Gasteiger partial charge in [-0.15, -0.1) is 0 Å². The van der Waals surface area contributed by atoms with Gasteiger partial charge in [0.1, 0.15) is 11.5 Å². The number of hydrogen-bond donors (Lipinski definition) is 2. The summed E-state index contributed by atoms with van der Waals surface area (Å²) in [5.74, 6) is 0.232. The van der Waals surface area contributed by atoms with E-state index in [-0.39, 0.29) is 17.4 Å². The average Bonchev–Trinajstić information content (AvgIpc) is 2.28. The van der Waals surface area contributed by atoms with E-state index in [0.29, 0.717) is 11.5 Å². The normalized spacial score (nSPS) is 10.8. The highest BCUT2D eigenvalue weighted by molar-refractivity contribution is 5.92. The Balaban J connectivity index is 2.37. The molecular formula is C12H13N3O2. The Hall–Kier alpha value is -2.17. The molecule has 0 saturated carbocycles. The van der Waals surface area contributed by atoms with Gasteiger partial charge in [-0.3, -0.25) is 9.59 Å². The van der Waals surface area contributed by atoms with Crippen LogP contribution in [0.5, 0.6) is 0 Å². The van der Waals surface area contributed by atoms with Gasteiger partial charge in [0.2, 0.25) is 11.5 Å². The number of hydrogen-bond acceptors (Lipinski definition) is 3. The number of aromatic amines is 1. The molecule has 0 unspecified atom stereocenters. The van der Waals surface area contributed by atoms with Crippen LogP contribution in [0.3, 0.4) is 0 Å². The van der Waals surface area contributed by atoms with Crippen molar-refractivity contribution < 1.29 is 4.79 Å². The summed E-state index contributed by atoms with van der Waals surface area (Å²) in [5.41, 5.74) is 0.261. The zero-order valence-electron chi connectivity index (χ0n) is 9.65. The number of aromatic nitrogens is 2.